The SMILES string of the molecule is CCC(=O)N1CCc2cc(Br)cc(S(=O)(=O)N3CCC(C(=O)NCc4ccc(OC)cc4)CC3)c21. The number of hydrogen-bond acceptors (Lipinski definition) is 5. The van der Waals surface area contributed by atoms with Gasteiger partial charge in [-0.2, -0.15) is 4.31 Å². The van der Waals surface area contributed by atoms with Crippen molar-refractivity contribution < 1.29 is 22.7 Å². The number of rotatable bonds is 7. The third-order valence-corrected chi connectivity index (χ3v) is 9.04. The van der Waals surface area contributed by atoms with Crippen LogP contribution < -0.4 is 15.0 Å². The van der Waals surface area contributed by atoms with Gasteiger partial charge in [-0.1, -0.05) is 35.0 Å². The van der Waals surface area contributed by atoms with Crippen molar-refractivity contribution in [1.29, 1.82) is 0 Å². The summed E-state index contributed by atoms with van der Waals surface area (Å²) in [7, 11) is -2.22. The molecule has 0 saturated carbocycles. The van der Waals surface area contributed by atoms with E-state index >= 15 is 0 Å². The van der Waals surface area contributed by atoms with E-state index in [1.54, 1.807) is 25.0 Å². The summed E-state index contributed by atoms with van der Waals surface area (Å²) >= 11 is 3.43. The van der Waals surface area contributed by atoms with Crippen molar-refractivity contribution in [2.45, 2.75) is 44.0 Å². The number of anilines is 1. The monoisotopic (exact) mass is 563 g/mol. The number of carbonyl (C=O) groups is 2. The highest BCUT2D eigenvalue weighted by atomic mass is 79.9. The van der Waals surface area contributed by atoms with E-state index in [9.17, 15) is 18.0 Å². The van der Waals surface area contributed by atoms with Gasteiger partial charge in [-0.25, -0.2) is 8.42 Å². The van der Waals surface area contributed by atoms with Gasteiger partial charge in [0.2, 0.25) is 21.8 Å². The Morgan fingerprint density at radius 3 is 2.43 bits per heavy atom. The van der Waals surface area contributed by atoms with E-state index < -0.39 is 10.0 Å². The fraction of sp³-hybridized carbons (Fsp3) is 0.440. The summed E-state index contributed by atoms with van der Waals surface area (Å²) in [5.74, 6) is 0.355. The average molecular weight is 565 g/mol. The first kappa shape index (κ1) is 25.7. The lowest BCUT2D eigenvalue weighted by Crippen LogP contribution is -2.43. The second-order valence-corrected chi connectivity index (χ2v) is 11.6. The second kappa shape index (κ2) is 10.7. The summed E-state index contributed by atoms with van der Waals surface area (Å²) in [5, 5.41) is 2.96. The van der Waals surface area contributed by atoms with Gasteiger partial charge >= 0.3 is 0 Å². The molecule has 2 aliphatic heterocycles. The highest BCUT2D eigenvalue weighted by Gasteiger charge is 2.37. The molecule has 4 rings (SSSR count). The number of piperidine rings is 1. The maximum absolute atomic E-state index is 13.7. The number of nitrogens with zero attached hydrogens (tertiary/aromatic N) is 2. The van der Waals surface area contributed by atoms with Gasteiger partial charge in [0.05, 0.1) is 12.8 Å². The van der Waals surface area contributed by atoms with Crippen LogP contribution in [0.2, 0.25) is 0 Å². The third-order valence-electron chi connectivity index (χ3n) is 6.67. The summed E-state index contributed by atoms with van der Waals surface area (Å²) in [6.07, 6.45) is 1.83. The number of amides is 2. The van der Waals surface area contributed by atoms with Crippen molar-refractivity contribution in [1.82, 2.24) is 9.62 Å². The standard InChI is InChI=1S/C25H30BrN3O5S/c1-3-23(30)29-13-10-19-14-20(26)15-22(24(19)29)35(32,33)28-11-8-18(9-12-28)25(31)27-16-17-4-6-21(34-2)7-5-17/h4-7,14-15,18H,3,8-13,16H2,1-2H3,(H,27,31). The molecule has 2 aromatic carbocycles. The van der Waals surface area contributed by atoms with Crippen molar-refractivity contribution in [3.05, 3.63) is 52.0 Å². The number of fused-ring (bicyclic) bond motifs is 1. The van der Waals surface area contributed by atoms with Gasteiger partial charge in [-0.15, -0.1) is 0 Å². The lowest BCUT2D eigenvalue weighted by atomic mass is 9.97. The molecular weight excluding hydrogens is 534 g/mol. The van der Waals surface area contributed by atoms with Crippen LogP contribution in [0.5, 0.6) is 5.75 Å². The van der Waals surface area contributed by atoms with E-state index in [0.717, 1.165) is 16.9 Å². The molecule has 0 spiro atoms. The van der Waals surface area contributed by atoms with Crippen LogP contribution in [-0.2, 0) is 32.6 Å². The summed E-state index contributed by atoms with van der Waals surface area (Å²) < 4.78 is 34.6. The number of benzene rings is 2. The fourth-order valence-corrected chi connectivity index (χ4v) is 7.07. The maximum atomic E-state index is 13.7. The van der Waals surface area contributed by atoms with Crippen molar-refractivity contribution in [3.63, 3.8) is 0 Å². The van der Waals surface area contributed by atoms with E-state index in [1.165, 1.54) is 4.31 Å². The summed E-state index contributed by atoms with van der Waals surface area (Å²) in [6.45, 7) is 3.18. The van der Waals surface area contributed by atoms with Crippen LogP contribution in [0.3, 0.4) is 0 Å². The lowest BCUT2D eigenvalue weighted by molar-refractivity contribution is -0.126. The van der Waals surface area contributed by atoms with Gasteiger partial charge in [0.1, 0.15) is 10.6 Å². The van der Waals surface area contributed by atoms with E-state index in [2.05, 4.69) is 21.2 Å². The van der Waals surface area contributed by atoms with Gasteiger partial charge in [0.25, 0.3) is 0 Å². The predicted octanol–water partition coefficient (Wildman–Crippen LogP) is 3.47. The number of carbonyl (C=O) groups excluding carboxylic acids is 2. The number of sulfonamides is 1. The molecule has 1 N–H and O–H groups in total. The van der Waals surface area contributed by atoms with Crippen LogP contribution in [0.1, 0.15) is 37.3 Å². The Labute approximate surface area is 214 Å². The summed E-state index contributed by atoms with van der Waals surface area (Å²) in [6, 6.07) is 11.0. The predicted molar refractivity (Wildman–Crippen MR) is 137 cm³/mol. The minimum Gasteiger partial charge on any atom is -0.497 e. The molecule has 0 aromatic heterocycles. The molecular formula is C25H30BrN3O5S. The second-order valence-electron chi connectivity index (χ2n) is 8.80. The molecule has 10 heteroatoms. The lowest BCUT2D eigenvalue weighted by Gasteiger charge is -2.31. The van der Waals surface area contributed by atoms with Crippen LogP contribution in [0, 0.1) is 5.92 Å². The molecule has 35 heavy (non-hydrogen) atoms. The number of methoxy groups -OCH3 is 1. The molecule has 188 valence electrons. The highest BCUT2D eigenvalue weighted by molar-refractivity contribution is 9.10. The zero-order valence-corrected chi connectivity index (χ0v) is 22.3. The zero-order chi connectivity index (χ0) is 25.2. The minimum absolute atomic E-state index is 0.0686. The molecule has 0 aliphatic carbocycles. The van der Waals surface area contributed by atoms with Crippen molar-refractivity contribution in [2.75, 3.05) is 31.6 Å². The molecule has 1 fully saturated rings. The minimum atomic E-state index is -3.83. The molecule has 2 aromatic rings. The van der Waals surface area contributed by atoms with Crippen LogP contribution >= 0.6 is 15.9 Å². The Kier molecular flexibility index (Phi) is 7.83. The molecule has 8 nitrogen and oxygen atoms in total. The summed E-state index contributed by atoms with van der Waals surface area (Å²) in [4.78, 5) is 26.9. The molecule has 2 aliphatic rings. The normalized spacial score (nSPS) is 16.7. The number of ether oxygens (including phenoxy) is 1. The van der Waals surface area contributed by atoms with Gasteiger partial charge in [-0.05, 0) is 54.7 Å². The van der Waals surface area contributed by atoms with Gasteiger partial charge in [0, 0.05) is 43.0 Å². The first-order valence-electron chi connectivity index (χ1n) is 11.8. The summed E-state index contributed by atoms with van der Waals surface area (Å²) in [5.41, 5.74) is 2.32. The molecule has 1 saturated heterocycles. The van der Waals surface area contributed by atoms with Crippen molar-refractivity contribution in [2.24, 2.45) is 5.92 Å². The fourth-order valence-electron chi connectivity index (χ4n) is 4.68. The topological polar surface area (TPSA) is 96.0 Å². The van der Waals surface area contributed by atoms with Gasteiger partial charge in [0.15, 0.2) is 0 Å². The molecule has 0 radical (unpaired) electrons. The molecule has 0 atom stereocenters. The van der Waals surface area contributed by atoms with Crippen molar-refractivity contribution in [3.8, 4) is 5.75 Å². The zero-order valence-electron chi connectivity index (χ0n) is 19.9. The average Bonchev–Trinajstić information content (AvgIpc) is 3.30. The smallest absolute Gasteiger partial charge is 0.245 e. The number of nitrogens with one attached hydrogen (secondary N) is 1. The molecule has 0 bridgehead atoms. The molecule has 0 unspecified atom stereocenters. The quantitative estimate of drug-likeness (QED) is 0.556. The maximum Gasteiger partial charge on any atom is 0.245 e. The van der Waals surface area contributed by atoms with E-state index in [0.29, 0.717) is 48.9 Å². The Hall–Kier alpha value is -2.43. The first-order chi connectivity index (χ1) is 16.7. The Morgan fingerprint density at radius 1 is 1.11 bits per heavy atom. The van der Waals surface area contributed by atoms with Crippen LogP contribution in [0.4, 0.5) is 5.69 Å². The van der Waals surface area contributed by atoms with Gasteiger partial charge < -0.3 is 15.0 Å². The van der Waals surface area contributed by atoms with Crippen LogP contribution in [-0.4, -0.2) is 51.3 Å². The van der Waals surface area contributed by atoms with E-state index in [-0.39, 0.29) is 35.7 Å². The van der Waals surface area contributed by atoms with Crippen LogP contribution in [0.25, 0.3) is 0 Å². The first-order valence-corrected chi connectivity index (χ1v) is 14.0. The highest BCUT2D eigenvalue weighted by Crippen LogP contribution is 2.39. The third kappa shape index (κ3) is 5.39. The van der Waals surface area contributed by atoms with E-state index in [1.807, 2.05) is 30.3 Å². The Bertz CT molecular complexity index is 1210. The molecule has 2 amide bonds. The molecule has 2 heterocycles. The number of halogens is 1. The van der Waals surface area contributed by atoms with Crippen molar-refractivity contribution >= 4 is 43.5 Å². The number of hydrogen-bond donors (Lipinski definition) is 1. The van der Waals surface area contributed by atoms with Crippen LogP contribution in [0.15, 0.2) is 45.8 Å². The Balaban J connectivity index is 1.43. The largest absolute Gasteiger partial charge is 0.497 e. The van der Waals surface area contributed by atoms with Gasteiger partial charge in [-0.3, -0.25) is 9.59 Å². The Morgan fingerprint density at radius 2 is 1.80 bits per heavy atom. The van der Waals surface area contributed by atoms with E-state index in [4.69, 9.17) is 4.74 Å².